The molecule has 2 aliphatic heterocycles. The van der Waals surface area contributed by atoms with E-state index in [0.29, 0.717) is 19.6 Å². The van der Waals surface area contributed by atoms with E-state index >= 15 is 0 Å². The lowest BCUT2D eigenvalue weighted by Crippen LogP contribution is -2.32. The Balaban J connectivity index is 1.53. The Morgan fingerprint density at radius 1 is 1.33 bits per heavy atom. The van der Waals surface area contributed by atoms with Gasteiger partial charge in [-0.05, 0) is 37.3 Å². The fourth-order valence-corrected chi connectivity index (χ4v) is 7.41. The highest BCUT2D eigenvalue weighted by molar-refractivity contribution is 7.91. The van der Waals surface area contributed by atoms with Gasteiger partial charge in [0.05, 0.1) is 18.8 Å². The minimum Gasteiger partial charge on any atom is -0.465 e. The summed E-state index contributed by atoms with van der Waals surface area (Å²) in [5.74, 6) is -0.599. The number of rotatable bonds is 8. The second-order valence-electron chi connectivity index (χ2n) is 8.51. The van der Waals surface area contributed by atoms with Gasteiger partial charge in [-0.15, -0.1) is 11.3 Å². The number of ether oxygens (including phenoxy) is 2. The Hall–Kier alpha value is -2.04. The van der Waals surface area contributed by atoms with Gasteiger partial charge in [0.15, 0.2) is 0 Å². The molecule has 1 unspecified atom stereocenters. The lowest BCUT2D eigenvalue weighted by Gasteiger charge is -2.27. The highest BCUT2D eigenvalue weighted by Crippen LogP contribution is 2.37. The van der Waals surface area contributed by atoms with Crippen molar-refractivity contribution in [3.8, 4) is 0 Å². The zero-order valence-electron chi connectivity index (χ0n) is 19.0. The number of hydrogen-bond acceptors (Lipinski definition) is 7. The van der Waals surface area contributed by atoms with Crippen LogP contribution in [0.1, 0.15) is 46.1 Å². The van der Waals surface area contributed by atoms with Crippen molar-refractivity contribution in [3.05, 3.63) is 57.5 Å². The summed E-state index contributed by atoms with van der Waals surface area (Å²) in [5.41, 5.74) is 3.36. The van der Waals surface area contributed by atoms with Crippen molar-refractivity contribution in [1.82, 2.24) is 9.62 Å². The summed E-state index contributed by atoms with van der Waals surface area (Å²) in [5, 5.41) is 0. The van der Waals surface area contributed by atoms with Crippen molar-refractivity contribution < 1.29 is 22.7 Å². The molecule has 1 atom stereocenters. The van der Waals surface area contributed by atoms with Crippen molar-refractivity contribution in [2.45, 2.75) is 43.0 Å². The van der Waals surface area contributed by atoms with Crippen molar-refractivity contribution >= 4 is 33.4 Å². The van der Waals surface area contributed by atoms with Crippen LogP contribution in [0.5, 0.6) is 0 Å². The SMILES string of the molecule is COC(=O)c1c(S(=O)(=O)NCC2CCCO2)sc2c1CCN(C/C(C)=C/c1ccccc1)C2. The highest BCUT2D eigenvalue weighted by Gasteiger charge is 2.34. The third-order valence-electron chi connectivity index (χ3n) is 5.95. The third kappa shape index (κ3) is 5.73. The van der Waals surface area contributed by atoms with Crippen molar-refractivity contribution in [2.24, 2.45) is 0 Å². The number of methoxy groups -OCH3 is 1. The van der Waals surface area contributed by atoms with Crippen LogP contribution in [0, 0.1) is 0 Å². The number of esters is 1. The Morgan fingerprint density at radius 2 is 2.12 bits per heavy atom. The zero-order valence-corrected chi connectivity index (χ0v) is 20.6. The largest absolute Gasteiger partial charge is 0.465 e. The van der Waals surface area contributed by atoms with Crippen LogP contribution in [0.2, 0.25) is 0 Å². The van der Waals surface area contributed by atoms with E-state index in [1.165, 1.54) is 24.0 Å². The van der Waals surface area contributed by atoms with Gasteiger partial charge < -0.3 is 9.47 Å². The summed E-state index contributed by atoms with van der Waals surface area (Å²) in [6, 6.07) is 10.2. The Kier molecular flexibility index (Phi) is 7.65. The molecular formula is C24H30N2O5S2. The summed E-state index contributed by atoms with van der Waals surface area (Å²) in [6.07, 6.45) is 4.41. The molecule has 1 fully saturated rings. The fraction of sp³-hybridized carbons (Fsp3) is 0.458. The third-order valence-corrected chi connectivity index (χ3v) is 9.11. The molecule has 4 rings (SSSR count). The molecule has 0 bridgehead atoms. The van der Waals surface area contributed by atoms with Crippen LogP contribution in [0.4, 0.5) is 0 Å². The number of carbonyl (C=O) groups is 1. The first-order valence-corrected chi connectivity index (χ1v) is 13.5. The van der Waals surface area contributed by atoms with E-state index in [1.54, 1.807) is 0 Å². The average molecular weight is 491 g/mol. The van der Waals surface area contributed by atoms with E-state index in [4.69, 9.17) is 9.47 Å². The Bertz CT molecular complexity index is 1120. The fourth-order valence-electron chi connectivity index (χ4n) is 4.37. The van der Waals surface area contributed by atoms with Crippen LogP contribution in [0.25, 0.3) is 6.08 Å². The number of benzene rings is 1. The van der Waals surface area contributed by atoms with Crippen molar-refractivity contribution in [1.29, 1.82) is 0 Å². The number of sulfonamides is 1. The van der Waals surface area contributed by atoms with Gasteiger partial charge in [-0.25, -0.2) is 17.9 Å². The Morgan fingerprint density at radius 3 is 2.82 bits per heavy atom. The molecule has 33 heavy (non-hydrogen) atoms. The normalized spacial score (nSPS) is 19.5. The van der Waals surface area contributed by atoms with Gasteiger partial charge in [-0.1, -0.05) is 42.0 Å². The van der Waals surface area contributed by atoms with E-state index in [0.717, 1.165) is 41.9 Å². The predicted molar refractivity (Wildman–Crippen MR) is 129 cm³/mol. The summed E-state index contributed by atoms with van der Waals surface area (Å²) in [7, 11) is -2.56. The zero-order chi connectivity index (χ0) is 23.4. The highest BCUT2D eigenvalue weighted by atomic mass is 32.2. The summed E-state index contributed by atoms with van der Waals surface area (Å²) in [6.45, 7) is 5.09. The number of carbonyl (C=O) groups excluding carboxylic acids is 1. The molecule has 178 valence electrons. The van der Waals surface area contributed by atoms with Gasteiger partial charge in [0, 0.05) is 37.7 Å². The molecule has 1 aromatic carbocycles. The maximum Gasteiger partial charge on any atom is 0.340 e. The monoisotopic (exact) mass is 490 g/mol. The summed E-state index contributed by atoms with van der Waals surface area (Å²) < 4.78 is 39.4. The molecule has 0 aliphatic carbocycles. The first-order chi connectivity index (χ1) is 15.9. The van der Waals surface area contributed by atoms with Crippen molar-refractivity contribution in [2.75, 3.05) is 33.4 Å². The number of fused-ring (bicyclic) bond motifs is 1. The van der Waals surface area contributed by atoms with Crippen LogP contribution in [-0.2, 0) is 32.5 Å². The molecule has 1 saturated heterocycles. The van der Waals surface area contributed by atoms with E-state index in [-0.39, 0.29) is 22.4 Å². The number of hydrogen-bond donors (Lipinski definition) is 1. The standard InChI is InChI=1S/C24H30N2O5S2/c1-17(13-18-7-4-3-5-8-18)15-26-11-10-20-21(16-26)32-24(22(20)23(27)30-2)33(28,29)25-14-19-9-6-12-31-19/h3-5,7-8,13,19,25H,6,9-12,14-16H2,1-2H3/b17-13+. The molecular weight excluding hydrogens is 460 g/mol. The topological polar surface area (TPSA) is 84.9 Å². The first kappa shape index (κ1) is 24.1. The second kappa shape index (κ2) is 10.5. The minimum absolute atomic E-state index is 0.0516. The van der Waals surface area contributed by atoms with Gasteiger partial charge >= 0.3 is 5.97 Å². The van der Waals surface area contributed by atoms with Gasteiger partial charge in [0.25, 0.3) is 10.0 Å². The molecule has 9 heteroatoms. The molecule has 1 aromatic heterocycles. The van der Waals surface area contributed by atoms with Crippen molar-refractivity contribution in [3.63, 3.8) is 0 Å². The van der Waals surface area contributed by atoms with E-state index in [2.05, 4.69) is 34.8 Å². The molecule has 0 saturated carbocycles. The quantitative estimate of drug-likeness (QED) is 0.571. The molecule has 0 radical (unpaired) electrons. The van der Waals surface area contributed by atoms with E-state index < -0.39 is 16.0 Å². The molecule has 0 amide bonds. The molecule has 0 spiro atoms. The lowest BCUT2D eigenvalue weighted by atomic mass is 10.0. The van der Waals surface area contributed by atoms with E-state index in [9.17, 15) is 13.2 Å². The molecule has 7 nitrogen and oxygen atoms in total. The average Bonchev–Trinajstić information content (AvgIpc) is 3.46. The van der Waals surface area contributed by atoms with Crippen LogP contribution in [-0.4, -0.2) is 58.7 Å². The summed E-state index contributed by atoms with van der Waals surface area (Å²) >= 11 is 1.18. The number of thiophene rings is 1. The molecule has 3 heterocycles. The molecule has 2 aromatic rings. The van der Waals surface area contributed by atoms with Gasteiger partial charge in [0.2, 0.25) is 0 Å². The van der Waals surface area contributed by atoms with Gasteiger partial charge in [0.1, 0.15) is 4.21 Å². The maximum absolute atomic E-state index is 13.1. The Labute approximate surface area is 199 Å². The maximum atomic E-state index is 13.1. The van der Waals surface area contributed by atoms with Crippen LogP contribution < -0.4 is 4.72 Å². The van der Waals surface area contributed by atoms with E-state index in [1.807, 2.05) is 18.2 Å². The van der Waals surface area contributed by atoms with Crippen LogP contribution in [0.15, 0.2) is 40.1 Å². The number of nitrogens with one attached hydrogen (secondary N) is 1. The number of nitrogens with zero attached hydrogens (tertiary/aromatic N) is 1. The van der Waals surface area contributed by atoms with Crippen LogP contribution in [0.3, 0.4) is 0 Å². The van der Waals surface area contributed by atoms with Gasteiger partial charge in [-0.3, -0.25) is 4.90 Å². The minimum atomic E-state index is -3.85. The van der Waals surface area contributed by atoms with Crippen LogP contribution >= 0.6 is 11.3 Å². The molecule has 1 N–H and O–H groups in total. The van der Waals surface area contributed by atoms with Gasteiger partial charge in [-0.2, -0.15) is 0 Å². The second-order valence-corrected chi connectivity index (χ2v) is 11.6. The first-order valence-electron chi connectivity index (χ1n) is 11.2. The summed E-state index contributed by atoms with van der Waals surface area (Å²) in [4.78, 5) is 15.8. The molecule has 2 aliphatic rings. The predicted octanol–water partition coefficient (Wildman–Crippen LogP) is 3.45. The smallest absolute Gasteiger partial charge is 0.340 e. The lowest BCUT2D eigenvalue weighted by molar-refractivity contribution is 0.0595.